The van der Waals surface area contributed by atoms with Crippen molar-refractivity contribution in [1.82, 2.24) is 9.88 Å². The Balaban J connectivity index is 1.70. The summed E-state index contributed by atoms with van der Waals surface area (Å²) < 4.78 is 2.01. The lowest BCUT2D eigenvalue weighted by atomic mass is 10.1. The molecule has 0 atom stereocenters. The number of fused-ring (bicyclic) bond motifs is 1. The van der Waals surface area contributed by atoms with Gasteiger partial charge in [0.15, 0.2) is 0 Å². The normalized spacial score (nSPS) is 15.3. The number of benzene rings is 2. The Bertz CT molecular complexity index is 1020. The van der Waals surface area contributed by atoms with E-state index in [0.29, 0.717) is 11.9 Å². The summed E-state index contributed by atoms with van der Waals surface area (Å²) in [4.78, 5) is 26.0. The lowest BCUT2D eigenvalue weighted by molar-refractivity contribution is 0.0931. The van der Waals surface area contributed by atoms with Gasteiger partial charge >= 0.3 is 0 Å². The maximum absolute atomic E-state index is 13.0. The van der Waals surface area contributed by atoms with E-state index in [9.17, 15) is 9.59 Å². The van der Waals surface area contributed by atoms with Gasteiger partial charge in [-0.1, -0.05) is 68.1 Å². The Labute approximate surface area is 165 Å². The van der Waals surface area contributed by atoms with Crippen molar-refractivity contribution in [3.05, 3.63) is 82.1 Å². The van der Waals surface area contributed by atoms with Crippen LogP contribution < -0.4 is 10.7 Å². The molecule has 0 saturated heterocycles. The van der Waals surface area contributed by atoms with Crippen LogP contribution in [0.25, 0.3) is 10.9 Å². The number of hydrogen-bond donors (Lipinski definition) is 1. The van der Waals surface area contributed by atoms with E-state index in [0.717, 1.165) is 36.8 Å². The van der Waals surface area contributed by atoms with Crippen LogP contribution in [0.5, 0.6) is 0 Å². The van der Waals surface area contributed by atoms with Gasteiger partial charge in [-0.25, -0.2) is 0 Å². The first kappa shape index (κ1) is 18.5. The number of para-hydroxylation sites is 1. The van der Waals surface area contributed by atoms with Crippen molar-refractivity contribution in [2.24, 2.45) is 0 Å². The van der Waals surface area contributed by atoms with E-state index in [1.807, 2.05) is 47.0 Å². The topological polar surface area (TPSA) is 51.1 Å². The van der Waals surface area contributed by atoms with Crippen LogP contribution in [-0.4, -0.2) is 16.5 Å². The van der Waals surface area contributed by atoms with Crippen LogP contribution in [0, 0.1) is 0 Å². The predicted molar refractivity (Wildman–Crippen MR) is 113 cm³/mol. The zero-order valence-electron chi connectivity index (χ0n) is 16.1. The van der Waals surface area contributed by atoms with Crippen LogP contribution in [0.3, 0.4) is 0 Å². The highest BCUT2D eigenvalue weighted by atomic mass is 16.2. The molecule has 2 aromatic carbocycles. The second kappa shape index (κ2) is 8.42. The van der Waals surface area contributed by atoms with Crippen molar-refractivity contribution in [3.8, 4) is 0 Å². The number of carbonyl (C=O) groups is 1. The SMILES string of the molecule is O=C(NC1CCCCCC1)c1cn(Cc2ccccc2)c2ccccc2c1=O. The van der Waals surface area contributed by atoms with Crippen LogP contribution in [0.2, 0.25) is 0 Å². The Kier molecular flexibility index (Phi) is 5.56. The van der Waals surface area contributed by atoms with E-state index in [1.54, 1.807) is 6.20 Å². The molecular weight excluding hydrogens is 348 g/mol. The van der Waals surface area contributed by atoms with Crippen LogP contribution in [-0.2, 0) is 6.54 Å². The zero-order valence-corrected chi connectivity index (χ0v) is 16.1. The number of pyridine rings is 1. The first-order valence-electron chi connectivity index (χ1n) is 10.2. The Morgan fingerprint density at radius 1 is 0.929 bits per heavy atom. The lowest BCUT2D eigenvalue weighted by Crippen LogP contribution is -2.37. The summed E-state index contributed by atoms with van der Waals surface area (Å²) in [5.41, 5.74) is 2.03. The molecule has 0 unspecified atom stereocenters. The van der Waals surface area contributed by atoms with Crippen LogP contribution in [0.15, 0.2) is 65.6 Å². The van der Waals surface area contributed by atoms with Gasteiger partial charge in [-0.15, -0.1) is 0 Å². The molecule has 4 nitrogen and oxygen atoms in total. The van der Waals surface area contributed by atoms with Gasteiger partial charge in [-0.3, -0.25) is 9.59 Å². The molecule has 1 fully saturated rings. The lowest BCUT2D eigenvalue weighted by Gasteiger charge is -2.18. The van der Waals surface area contributed by atoms with Crippen LogP contribution in [0.4, 0.5) is 0 Å². The highest BCUT2D eigenvalue weighted by Crippen LogP contribution is 2.18. The van der Waals surface area contributed by atoms with Gasteiger partial charge in [-0.2, -0.15) is 0 Å². The molecule has 144 valence electrons. The average Bonchev–Trinajstić information content (AvgIpc) is 2.99. The minimum atomic E-state index is -0.246. The standard InChI is InChI=1S/C24H26N2O2/c27-23-20-14-8-9-15-22(20)26(16-18-10-4-3-5-11-18)17-21(23)24(28)25-19-12-6-1-2-7-13-19/h3-5,8-11,14-15,17,19H,1-2,6-7,12-13,16H2,(H,25,28). The van der Waals surface area contributed by atoms with Gasteiger partial charge in [0.2, 0.25) is 5.43 Å². The largest absolute Gasteiger partial charge is 0.349 e. The van der Waals surface area contributed by atoms with Gasteiger partial charge in [0, 0.05) is 24.2 Å². The second-order valence-corrected chi connectivity index (χ2v) is 7.66. The van der Waals surface area contributed by atoms with Crippen molar-refractivity contribution in [2.75, 3.05) is 0 Å². The minimum absolute atomic E-state index is 0.170. The summed E-state index contributed by atoms with van der Waals surface area (Å²) >= 11 is 0. The molecule has 1 saturated carbocycles. The fourth-order valence-electron chi connectivity index (χ4n) is 4.10. The third kappa shape index (κ3) is 4.01. The monoisotopic (exact) mass is 374 g/mol. The number of hydrogen-bond acceptors (Lipinski definition) is 2. The van der Waals surface area contributed by atoms with E-state index >= 15 is 0 Å². The molecule has 0 spiro atoms. The third-order valence-corrected chi connectivity index (χ3v) is 5.62. The number of rotatable bonds is 4. The smallest absolute Gasteiger partial charge is 0.256 e. The molecule has 1 amide bonds. The highest BCUT2D eigenvalue weighted by molar-refractivity contribution is 5.97. The molecule has 4 rings (SSSR count). The molecule has 28 heavy (non-hydrogen) atoms. The summed E-state index contributed by atoms with van der Waals surface area (Å²) in [6.07, 6.45) is 8.46. The highest BCUT2D eigenvalue weighted by Gasteiger charge is 2.20. The van der Waals surface area contributed by atoms with E-state index in [1.165, 1.54) is 12.8 Å². The number of nitrogens with one attached hydrogen (secondary N) is 1. The molecule has 1 aliphatic rings. The molecule has 1 aliphatic carbocycles. The fraction of sp³-hybridized carbons (Fsp3) is 0.333. The van der Waals surface area contributed by atoms with Crippen molar-refractivity contribution in [3.63, 3.8) is 0 Å². The molecular formula is C24H26N2O2. The van der Waals surface area contributed by atoms with Crippen LogP contribution >= 0.6 is 0 Å². The zero-order chi connectivity index (χ0) is 19.3. The maximum atomic E-state index is 13.0. The van der Waals surface area contributed by atoms with Crippen molar-refractivity contribution in [1.29, 1.82) is 0 Å². The quantitative estimate of drug-likeness (QED) is 0.684. The van der Waals surface area contributed by atoms with Crippen molar-refractivity contribution >= 4 is 16.8 Å². The Hall–Kier alpha value is -2.88. The number of nitrogens with zero attached hydrogens (tertiary/aromatic N) is 1. The van der Waals surface area contributed by atoms with E-state index in [-0.39, 0.29) is 22.9 Å². The van der Waals surface area contributed by atoms with E-state index in [2.05, 4.69) is 17.4 Å². The van der Waals surface area contributed by atoms with Gasteiger partial charge < -0.3 is 9.88 Å². The molecule has 0 bridgehead atoms. The summed E-state index contributed by atoms with van der Waals surface area (Å²) in [6, 6.07) is 17.8. The molecule has 0 aliphatic heterocycles. The van der Waals surface area contributed by atoms with Gasteiger partial charge in [-0.05, 0) is 30.5 Å². The predicted octanol–water partition coefficient (Wildman–Crippen LogP) is 4.50. The Morgan fingerprint density at radius 2 is 1.61 bits per heavy atom. The van der Waals surface area contributed by atoms with Gasteiger partial charge in [0.05, 0.1) is 5.52 Å². The van der Waals surface area contributed by atoms with E-state index < -0.39 is 0 Å². The van der Waals surface area contributed by atoms with E-state index in [4.69, 9.17) is 0 Å². The summed E-state index contributed by atoms with van der Waals surface area (Å²) in [5, 5.41) is 3.71. The third-order valence-electron chi connectivity index (χ3n) is 5.62. The molecule has 4 heteroatoms. The van der Waals surface area contributed by atoms with Gasteiger partial charge in [0.25, 0.3) is 5.91 Å². The summed E-state index contributed by atoms with van der Waals surface area (Å²) in [6.45, 7) is 0.616. The van der Waals surface area contributed by atoms with Crippen molar-refractivity contribution in [2.45, 2.75) is 51.1 Å². The van der Waals surface area contributed by atoms with Crippen molar-refractivity contribution < 1.29 is 4.79 Å². The summed E-state index contributed by atoms with van der Waals surface area (Å²) in [5.74, 6) is -0.246. The fourth-order valence-corrected chi connectivity index (χ4v) is 4.10. The summed E-state index contributed by atoms with van der Waals surface area (Å²) in [7, 11) is 0. The minimum Gasteiger partial charge on any atom is -0.349 e. The average molecular weight is 374 g/mol. The maximum Gasteiger partial charge on any atom is 0.256 e. The molecule has 1 heterocycles. The van der Waals surface area contributed by atoms with Gasteiger partial charge in [0.1, 0.15) is 5.56 Å². The first-order chi connectivity index (χ1) is 13.7. The molecule has 0 radical (unpaired) electrons. The molecule has 3 aromatic rings. The number of carbonyl (C=O) groups excluding carboxylic acids is 1. The Morgan fingerprint density at radius 3 is 2.36 bits per heavy atom. The molecule has 1 N–H and O–H groups in total. The number of aromatic nitrogens is 1. The number of amides is 1. The molecule has 1 aromatic heterocycles. The van der Waals surface area contributed by atoms with Crippen LogP contribution in [0.1, 0.15) is 54.4 Å². The first-order valence-corrected chi connectivity index (χ1v) is 10.2. The second-order valence-electron chi connectivity index (χ2n) is 7.66.